The van der Waals surface area contributed by atoms with E-state index in [1.54, 1.807) is 0 Å². The van der Waals surface area contributed by atoms with Gasteiger partial charge in [0.1, 0.15) is 6.61 Å². The topological polar surface area (TPSA) is 32.3 Å². The van der Waals surface area contributed by atoms with E-state index in [9.17, 15) is 8.78 Å². The standard InChI is InChI=1S/C12H21F2NO/c13-12(14,8-16)7-15-11-3-1-2-10(6-11)9-4-5-9/h9-11,15-16H,1-8H2. The smallest absolute Gasteiger partial charge is 0.282 e. The van der Waals surface area contributed by atoms with Gasteiger partial charge in [0.25, 0.3) is 5.92 Å². The third kappa shape index (κ3) is 3.39. The predicted octanol–water partition coefficient (Wildman–Crippen LogP) is 2.17. The van der Waals surface area contributed by atoms with Crippen LogP contribution in [0.15, 0.2) is 0 Å². The Morgan fingerprint density at radius 3 is 2.50 bits per heavy atom. The van der Waals surface area contributed by atoms with Crippen LogP contribution in [-0.2, 0) is 0 Å². The Balaban J connectivity index is 1.72. The summed E-state index contributed by atoms with van der Waals surface area (Å²) in [6.07, 6.45) is 7.16. The van der Waals surface area contributed by atoms with Crippen molar-refractivity contribution in [3.05, 3.63) is 0 Å². The first kappa shape index (κ1) is 12.2. The fourth-order valence-electron chi connectivity index (χ4n) is 2.76. The Hall–Kier alpha value is -0.220. The van der Waals surface area contributed by atoms with Crippen LogP contribution in [0.1, 0.15) is 38.5 Å². The van der Waals surface area contributed by atoms with E-state index in [1.165, 1.54) is 19.3 Å². The molecule has 0 heterocycles. The van der Waals surface area contributed by atoms with Crippen molar-refractivity contribution >= 4 is 0 Å². The minimum absolute atomic E-state index is 0.233. The van der Waals surface area contributed by atoms with Crippen LogP contribution in [0.4, 0.5) is 8.78 Å². The average molecular weight is 233 g/mol. The van der Waals surface area contributed by atoms with Crippen LogP contribution in [-0.4, -0.2) is 30.2 Å². The number of halogens is 2. The number of hydrogen-bond acceptors (Lipinski definition) is 2. The SMILES string of the molecule is OCC(F)(F)CNC1CCCC(C2CC2)C1. The lowest BCUT2D eigenvalue weighted by Gasteiger charge is -2.31. The summed E-state index contributed by atoms with van der Waals surface area (Å²) in [6, 6.07) is 0.233. The van der Waals surface area contributed by atoms with Crippen LogP contribution in [0, 0.1) is 11.8 Å². The maximum absolute atomic E-state index is 12.9. The fourth-order valence-corrected chi connectivity index (χ4v) is 2.76. The van der Waals surface area contributed by atoms with Crippen molar-refractivity contribution in [1.29, 1.82) is 0 Å². The zero-order chi connectivity index (χ0) is 11.6. The lowest BCUT2D eigenvalue weighted by atomic mass is 9.82. The molecule has 0 aromatic carbocycles. The first-order valence-corrected chi connectivity index (χ1v) is 6.33. The minimum Gasteiger partial charge on any atom is -0.390 e. The minimum atomic E-state index is -2.97. The molecule has 0 saturated heterocycles. The highest BCUT2D eigenvalue weighted by molar-refractivity contribution is 4.88. The Kier molecular flexibility index (Phi) is 3.80. The number of hydrogen-bond donors (Lipinski definition) is 2. The molecule has 0 aromatic rings. The molecule has 2 N–H and O–H groups in total. The van der Waals surface area contributed by atoms with Gasteiger partial charge in [-0.05, 0) is 37.5 Å². The molecule has 0 radical (unpaired) electrons. The highest BCUT2D eigenvalue weighted by Crippen LogP contribution is 2.43. The molecule has 2 fully saturated rings. The maximum Gasteiger partial charge on any atom is 0.282 e. The molecule has 0 aliphatic heterocycles. The summed E-state index contributed by atoms with van der Waals surface area (Å²) >= 11 is 0. The molecular formula is C12H21F2NO. The molecule has 94 valence electrons. The Morgan fingerprint density at radius 1 is 1.12 bits per heavy atom. The van der Waals surface area contributed by atoms with Gasteiger partial charge in [0.2, 0.25) is 0 Å². The second-order valence-corrected chi connectivity index (χ2v) is 5.36. The van der Waals surface area contributed by atoms with Crippen molar-refractivity contribution < 1.29 is 13.9 Å². The van der Waals surface area contributed by atoms with Crippen LogP contribution >= 0.6 is 0 Å². The predicted molar refractivity (Wildman–Crippen MR) is 58.5 cm³/mol. The van der Waals surface area contributed by atoms with Gasteiger partial charge in [-0.15, -0.1) is 0 Å². The van der Waals surface area contributed by atoms with Crippen LogP contribution in [0.3, 0.4) is 0 Å². The normalized spacial score (nSPS) is 31.7. The summed E-state index contributed by atoms with van der Waals surface area (Å²) in [4.78, 5) is 0. The highest BCUT2D eigenvalue weighted by atomic mass is 19.3. The summed E-state index contributed by atoms with van der Waals surface area (Å²) in [7, 11) is 0. The molecule has 2 aliphatic carbocycles. The van der Waals surface area contributed by atoms with Crippen molar-refractivity contribution in [2.24, 2.45) is 11.8 Å². The second-order valence-electron chi connectivity index (χ2n) is 5.36. The number of alkyl halides is 2. The average Bonchev–Trinajstić information content (AvgIpc) is 3.11. The van der Waals surface area contributed by atoms with Gasteiger partial charge in [0.05, 0.1) is 6.54 Å². The van der Waals surface area contributed by atoms with Gasteiger partial charge in [-0.25, -0.2) is 8.78 Å². The molecule has 0 spiro atoms. The van der Waals surface area contributed by atoms with Crippen LogP contribution in [0.5, 0.6) is 0 Å². The summed E-state index contributed by atoms with van der Waals surface area (Å²) in [6.45, 7) is -1.44. The molecule has 0 bridgehead atoms. The molecule has 0 aromatic heterocycles. The maximum atomic E-state index is 12.9. The molecule has 4 heteroatoms. The third-order valence-corrected chi connectivity index (χ3v) is 3.88. The van der Waals surface area contributed by atoms with Gasteiger partial charge in [-0.2, -0.15) is 0 Å². The van der Waals surface area contributed by atoms with Crippen molar-refractivity contribution in [2.75, 3.05) is 13.2 Å². The quantitative estimate of drug-likeness (QED) is 0.762. The molecule has 2 atom stereocenters. The second kappa shape index (κ2) is 4.96. The molecular weight excluding hydrogens is 212 g/mol. The van der Waals surface area contributed by atoms with E-state index in [1.807, 2.05) is 0 Å². The van der Waals surface area contributed by atoms with E-state index in [4.69, 9.17) is 5.11 Å². The van der Waals surface area contributed by atoms with E-state index in [0.29, 0.717) is 0 Å². The van der Waals surface area contributed by atoms with Gasteiger partial charge in [-0.1, -0.05) is 12.8 Å². The van der Waals surface area contributed by atoms with Crippen LogP contribution in [0.25, 0.3) is 0 Å². The van der Waals surface area contributed by atoms with Gasteiger partial charge in [0, 0.05) is 6.04 Å². The fraction of sp³-hybridized carbons (Fsp3) is 1.00. The first-order valence-electron chi connectivity index (χ1n) is 6.33. The van der Waals surface area contributed by atoms with E-state index in [0.717, 1.165) is 31.1 Å². The number of nitrogens with one attached hydrogen (secondary N) is 1. The van der Waals surface area contributed by atoms with Crippen molar-refractivity contribution in [2.45, 2.75) is 50.5 Å². The number of aliphatic hydroxyl groups excluding tert-OH is 1. The van der Waals surface area contributed by atoms with Crippen LogP contribution in [0.2, 0.25) is 0 Å². The Bertz CT molecular complexity index is 231. The highest BCUT2D eigenvalue weighted by Gasteiger charge is 2.35. The first-order chi connectivity index (χ1) is 7.61. The van der Waals surface area contributed by atoms with Crippen LogP contribution < -0.4 is 5.32 Å². The van der Waals surface area contributed by atoms with Gasteiger partial charge in [0.15, 0.2) is 0 Å². The third-order valence-electron chi connectivity index (χ3n) is 3.88. The monoisotopic (exact) mass is 233 g/mol. The van der Waals surface area contributed by atoms with Gasteiger partial charge < -0.3 is 10.4 Å². The van der Waals surface area contributed by atoms with E-state index in [2.05, 4.69) is 5.32 Å². The van der Waals surface area contributed by atoms with Crippen molar-refractivity contribution in [3.63, 3.8) is 0 Å². The van der Waals surface area contributed by atoms with Gasteiger partial charge >= 0.3 is 0 Å². The largest absolute Gasteiger partial charge is 0.390 e. The Labute approximate surface area is 95.4 Å². The number of rotatable bonds is 5. The van der Waals surface area contributed by atoms with E-state index in [-0.39, 0.29) is 12.6 Å². The lowest BCUT2D eigenvalue weighted by molar-refractivity contribution is -0.0504. The van der Waals surface area contributed by atoms with Gasteiger partial charge in [-0.3, -0.25) is 0 Å². The molecule has 0 amide bonds. The van der Waals surface area contributed by atoms with Crippen molar-refractivity contribution in [1.82, 2.24) is 5.32 Å². The van der Waals surface area contributed by atoms with E-state index < -0.39 is 12.5 Å². The number of aliphatic hydroxyl groups is 1. The molecule has 2 unspecified atom stereocenters. The molecule has 2 rings (SSSR count). The lowest BCUT2D eigenvalue weighted by Crippen LogP contribution is -2.43. The van der Waals surface area contributed by atoms with Crippen molar-refractivity contribution in [3.8, 4) is 0 Å². The summed E-state index contributed by atoms with van der Waals surface area (Å²) in [5.74, 6) is -1.33. The summed E-state index contributed by atoms with van der Waals surface area (Å²) in [5.41, 5.74) is 0. The van der Waals surface area contributed by atoms with E-state index >= 15 is 0 Å². The summed E-state index contributed by atoms with van der Waals surface area (Å²) < 4.78 is 25.7. The molecule has 16 heavy (non-hydrogen) atoms. The zero-order valence-corrected chi connectivity index (χ0v) is 9.59. The zero-order valence-electron chi connectivity index (χ0n) is 9.59. The Morgan fingerprint density at radius 2 is 1.88 bits per heavy atom. The molecule has 2 nitrogen and oxygen atoms in total. The summed E-state index contributed by atoms with van der Waals surface area (Å²) in [5, 5.41) is 11.4. The molecule has 2 aliphatic rings. The molecule has 2 saturated carbocycles.